The summed E-state index contributed by atoms with van der Waals surface area (Å²) in [5.41, 5.74) is -1.66. The average molecular weight is 248 g/mol. The monoisotopic (exact) mass is 248 g/mol. The van der Waals surface area contributed by atoms with Gasteiger partial charge >= 0.3 is 0 Å². The van der Waals surface area contributed by atoms with Gasteiger partial charge in [0.25, 0.3) is 0 Å². The van der Waals surface area contributed by atoms with Crippen molar-refractivity contribution in [3.63, 3.8) is 0 Å². The fraction of sp³-hybridized carbons (Fsp3) is 0.857. The zero-order valence-electron chi connectivity index (χ0n) is 12.4. The summed E-state index contributed by atoms with van der Waals surface area (Å²) in [5.74, 6) is 0.735. The van der Waals surface area contributed by atoms with Gasteiger partial charge in [-0.05, 0) is 38.5 Å². The largest absolute Gasteiger partial charge is 0.196 e. The van der Waals surface area contributed by atoms with Gasteiger partial charge in [0.15, 0.2) is 11.1 Å². The third-order valence-corrected chi connectivity index (χ3v) is 2.58. The molecule has 0 heterocycles. The Morgan fingerprint density at radius 1 is 0.833 bits per heavy atom. The van der Waals surface area contributed by atoms with Crippen LogP contribution in [0.15, 0.2) is 10.2 Å². The van der Waals surface area contributed by atoms with Crippen molar-refractivity contribution in [1.82, 2.24) is 0 Å². The van der Waals surface area contributed by atoms with E-state index in [-0.39, 0.29) is 0 Å². The first-order valence-corrected chi connectivity index (χ1v) is 6.43. The van der Waals surface area contributed by atoms with Gasteiger partial charge < -0.3 is 0 Å². The molecule has 0 amide bonds. The molecule has 18 heavy (non-hydrogen) atoms. The molecule has 0 saturated carbocycles. The number of azo groups is 1. The quantitative estimate of drug-likeness (QED) is 0.664. The van der Waals surface area contributed by atoms with Crippen LogP contribution >= 0.6 is 0 Å². The Morgan fingerprint density at radius 3 is 1.28 bits per heavy atom. The van der Waals surface area contributed by atoms with Crippen LogP contribution in [0.1, 0.15) is 54.4 Å². The van der Waals surface area contributed by atoms with Crippen molar-refractivity contribution in [2.24, 2.45) is 22.1 Å². The summed E-state index contributed by atoms with van der Waals surface area (Å²) >= 11 is 0. The van der Waals surface area contributed by atoms with E-state index in [9.17, 15) is 10.5 Å². The molecular weight excluding hydrogens is 224 g/mol. The maximum Gasteiger partial charge on any atom is 0.165 e. The minimum absolute atomic E-state index is 0.368. The van der Waals surface area contributed by atoms with Crippen LogP contribution in [0.2, 0.25) is 0 Å². The third-order valence-electron chi connectivity index (χ3n) is 2.58. The lowest BCUT2D eigenvalue weighted by Crippen LogP contribution is -2.26. The zero-order valence-corrected chi connectivity index (χ0v) is 12.4. The standard InChI is InChI=1S/C14H24N4/c1-11(2)7-13(5,9-15)17-18-14(6,10-16)8-12(3)4/h11-12H,7-8H2,1-6H3/t13-,14+. The van der Waals surface area contributed by atoms with Crippen LogP contribution in [0, 0.1) is 34.5 Å². The van der Waals surface area contributed by atoms with Crippen molar-refractivity contribution in [3.8, 4) is 12.1 Å². The molecule has 0 aromatic heterocycles. The lowest BCUT2D eigenvalue weighted by atomic mass is 9.92. The molecule has 100 valence electrons. The van der Waals surface area contributed by atoms with E-state index < -0.39 is 11.1 Å². The summed E-state index contributed by atoms with van der Waals surface area (Å²) in [6, 6.07) is 4.38. The molecular formula is C14H24N4. The Labute approximate surface area is 111 Å². The molecule has 0 saturated heterocycles. The second-order valence-corrected chi connectivity index (χ2v) is 6.17. The first-order chi connectivity index (χ1) is 8.16. The van der Waals surface area contributed by atoms with Gasteiger partial charge in [0.05, 0.1) is 12.1 Å². The van der Waals surface area contributed by atoms with Gasteiger partial charge in [0, 0.05) is 0 Å². The van der Waals surface area contributed by atoms with E-state index in [1.807, 2.05) is 27.7 Å². The molecule has 0 spiro atoms. The van der Waals surface area contributed by atoms with Crippen molar-refractivity contribution >= 4 is 0 Å². The fourth-order valence-corrected chi connectivity index (χ4v) is 2.03. The van der Waals surface area contributed by atoms with Crippen molar-refractivity contribution in [3.05, 3.63) is 0 Å². The molecule has 4 nitrogen and oxygen atoms in total. The number of hydrogen-bond acceptors (Lipinski definition) is 4. The smallest absolute Gasteiger partial charge is 0.165 e. The zero-order chi connectivity index (χ0) is 14.4. The van der Waals surface area contributed by atoms with E-state index in [4.69, 9.17) is 0 Å². The van der Waals surface area contributed by atoms with Crippen LogP contribution in [-0.2, 0) is 0 Å². The van der Waals surface area contributed by atoms with Gasteiger partial charge in [-0.2, -0.15) is 20.8 Å². The second-order valence-electron chi connectivity index (χ2n) is 6.17. The third kappa shape index (κ3) is 5.77. The second kappa shape index (κ2) is 6.50. The molecule has 0 aliphatic rings. The van der Waals surface area contributed by atoms with Gasteiger partial charge in [-0.15, -0.1) is 0 Å². The highest BCUT2D eigenvalue weighted by Crippen LogP contribution is 2.25. The fourth-order valence-electron chi connectivity index (χ4n) is 2.03. The molecule has 0 radical (unpaired) electrons. The van der Waals surface area contributed by atoms with Gasteiger partial charge in [-0.3, -0.25) is 0 Å². The summed E-state index contributed by atoms with van der Waals surface area (Å²) in [6.07, 6.45) is 1.30. The summed E-state index contributed by atoms with van der Waals surface area (Å²) in [4.78, 5) is 0. The number of nitrogens with zero attached hydrogens (tertiary/aromatic N) is 4. The highest BCUT2D eigenvalue weighted by Gasteiger charge is 2.29. The Balaban J connectivity index is 4.98. The van der Waals surface area contributed by atoms with Crippen molar-refractivity contribution in [1.29, 1.82) is 10.5 Å². The minimum atomic E-state index is -0.830. The highest BCUT2D eigenvalue weighted by atomic mass is 15.2. The number of nitriles is 2. The average Bonchev–Trinajstić information content (AvgIpc) is 2.25. The van der Waals surface area contributed by atoms with Crippen LogP contribution in [0.4, 0.5) is 0 Å². The van der Waals surface area contributed by atoms with Crippen molar-refractivity contribution in [2.75, 3.05) is 0 Å². The van der Waals surface area contributed by atoms with Gasteiger partial charge in [-0.1, -0.05) is 27.7 Å². The highest BCUT2D eigenvalue weighted by molar-refractivity contribution is 5.07. The van der Waals surface area contributed by atoms with E-state index in [1.165, 1.54) is 0 Å². The number of hydrogen-bond donors (Lipinski definition) is 0. The lowest BCUT2D eigenvalue weighted by Gasteiger charge is -2.22. The molecule has 4 heteroatoms. The molecule has 0 rings (SSSR count). The SMILES string of the molecule is CC(C)C[C@](C)(C#N)N=N[C@](C)(C#N)CC(C)C. The lowest BCUT2D eigenvalue weighted by molar-refractivity contribution is 0.384. The molecule has 0 aromatic carbocycles. The van der Waals surface area contributed by atoms with E-state index in [0.29, 0.717) is 24.7 Å². The molecule has 0 N–H and O–H groups in total. The van der Waals surface area contributed by atoms with Gasteiger partial charge in [0.1, 0.15) is 0 Å². The maximum atomic E-state index is 9.20. The summed E-state index contributed by atoms with van der Waals surface area (Å²) in [6.45, 7) is 11.7. The van der Waals surface area contributed by atoms with Gasteiger partial charge in [-0.25, -0.2) is 0 Å². The van der Waals surface area contributed by atoms with E-state index >= 15 is 0 Å². The predicted octanol–water partition coefficient (Wildman–Crippen LogP) is 4.10. The number of rotatable bonds is 6. The molecule has 0 bridgehead atoms. The molecule has 2 atom stereocenters. The Kier molecular flexibility index (Phi) is 5.98. The first kappa shape index (κ1) is 16.6. The van der Waals surface area contributed by atoms with Crippen molar-refractivity contribution in [2.45, 2.75) is 65.5 Å². The molecule has 0 aliphatic carbocycles. The summed E-state index contributed by atoms with van der Waals surface area (Å²) in [5, 5.41) is 26.7. The Bertz CT molecular complexity index is 336. The minimum Gasteiger partial charge on any atom is -0.196 e. The van der Waals surface area contributed by atoms with Crippen LogP contribution in [0.5, 0.6) is 0 Å². The predicted molar refractivity (Wildman–Crippen MR) is 71.8 cm³/mol. The van der Waals surface area contributed by atoms with Crippen LogP contribution in [0.3, 0.4) is 0 Å². The van der Waals surface area contributed by atoms with Crippen molar-refractivity contribution < 1.29 is 0 Å². The maximum absolute atomic E-state index is 9.20. The first-order valence-electron chi connectivity index (χ1n) is 6.43. The van der Waals surface area contributed by atoms with E-state index in [0.717, 1.165) is 0 Å². The topological polar surface area (TPSA) is 72.3 Å². The normalized spacial score (nSPS) is 18.3. The summed E-state index contributed by atoms with van der Waals surface area (Å²) in [7, 11) is 0. The molecule has 0 unspecified atom stereocenters. The van der Waals surface area contributed by atoms with E-state index in [1.54, 1.807) is 13.8 Å². The molecule has 0 aliphatic heterocycles. The Hall–Kier alpha value is -1.42. The summed E-state index contributed by atoms with van der Waals surface area (Å²) < 4.78 is 0. The van der Waals surface area contributed by atoms with E-state index in [2.05, 4.69) is 22.4 Å². The van der Waals surface area contributed by atoms with Crippen LogP contribution in [-0.4, -0.2) is 11.1 Å². The molecule has 0 fully saturated rings. The van der Waals surface area contributed by atoms with Crippen LogP contribution in [0.25, 0.3) is 0 Å². The Morgan fingerprint density at radius 2 is 1.11 bits per heavy atom. The van der Waals surface area contributed by atoms with Crippen LogP contribution < -0.4 is 0 Å². The molecule has 0 aromatic rings. The van der Waals surface area contributed by atoms with Gasteiger partial charge in [0.2, 0.25) is 0 Å².